The zero-order valence-electron chi connectivity index (χ0n) is 14.0. The fourth-order valence-corrected chi connectivity index (χ4v) is 3.87. The normalized spacial score (nSPS) is 17.2. The van der Waals surface area contributed by atoms with Gasteiger partial charge in [-0.05, 0) is 57.2 Å². The summed E-state index contributed by atoms with van der Waals surface area (Å²) in [5.41, 5.74) is 4.62. The molecule has 0 radical (unpaired) electrons. The van der Waals surface area contributed by atoms with Crippen molar-refractivity contribution >= 4 is 30.0 Å². The maximum atomic E-state index is 3.73. The van der Waals surface area contributed by atoms with Gasteiger partial charge in [0, 0.05) is 5.92 Å². The second-order valence-corrected chi connectivity index (χ2v) is 6.76. The van der Waals surface area contributed by atoms with E-state index in [1.165, 1.54) is 35.6 Å². The van der Waals surface area contributed by atoms with Crippen molar-refractivity contribution in [3.63, 3.8) is 0 Å². The Balaban J connectivity index is 0.000000155. The molecule has 0 heteroatoms. The van der Waals surface area contributed by atoms with E-state index in [1.54, 1.807) is 11.1 Å². The molecule has 0 bridgehead atoms. The fraction of sp³-hybridized carbons (Fsp3) is 0.167. The lowest BCUT2D eigenvalue weighted by atomic mass is 9.76. The predicted molar refractivity (Wildman–Crippen MR) is 105 cm³/mol. The number of allylic oxidation sites excluding steroid dienone is 1. The second-order valence-electron chi connectivity index (χ2n) is 6.76. The topological polar surface area (TPSA) is 0 Å². The first-order valence-electron chi connectivity index (χ1n) is 8.69. The van der Waals surface area contributed by atoms with E-state index in [4.69, 9.17) is 0 Å². The molecule has 0 spiro atoms. The van der Waals surface area contributed by atoms with Gasteiger partial charge in [0.1, 0.15) is 0 Å². The summed E-state index contributed by atoms with van der Waals surface area (Å²) in [6.45, 7) is 7.47. The van der Waals surface area contributed by atoms with E-state index < -0.39 is 0 Å². The van der Waals surface area contributed by atoms with Crippen LogP contribution in [0.3, 0.4) is 0 Å². The molecule has 118 valence electrons. The van der Waals surface area contributed by atoms with Gasteiger partial charge >= 0.3 is 0 Å². The smallest absolute Gasteiger partial charge is 0.00305 e. The van der Waals surface area contributed by atoms with Gasteiger partial charge in [0.25, 0.3) is 0 Å². The van der Waals surface area contributed by atoms with Gasteiger partial charge in [-0.25, -0.2) is 0 Å². The molecule has 5 rings (SSSR count). The first kappa shape index (κ1) is 15.0. The lowest BCUT2D eigenvalue weighted by Crippen LogP contribution is -2.11. The lowest BCUT2D eigenvalue weighted by molar-refractivity contribution is 0.633. The minimum Gasteiger partial charge on any atom is -0.0918 e. The van der Waals surface area contributed by atoms with E-state index in [0.29, 0.717) is 5.92 Å². The highest BCUT2D eigenvalue weighted by Gasteiger charge is 2.23. The lowest BCUT2D eigenvalue weighted by Gasteiger charge is -2.28. The highest BCUT2D eigenvalue weighted by atomic mass is 14.3. The molecule has 0 nitrogen and oxygen atoms in total. The van der Waals surface area contributed by atoms with E-state index in [9.17, 15) is 0 Å². The first-order valence-corrected chi connectivity index (χ1v) is 8.69. The minimum absolute atomic E-state index is 0.683. The fourth-order valence-electron chi connectivity index (χ4n) is 3.87. The second kappa shape index (κ2) is 6.13. The van der Waals surface area contributed by atoms with E-state index in [1.807, 2.05) is 24.3 Å². The molecule has 3 aromatic rings. The summed E-state index contributed by atoms with van der Waals surface area (Å²) < 4.78 is 0. The summed E-state index contributed by atoms with van der Waals surface area (Å²) in [4.78, 5) is 0. The van der Waals surface area contributed by atoms with E-state index in [-0.39, 0.29) is 0 Å². The zero-order chi connectivity index (χ0) is 16.5. The molecule has 2 aliphatic carbocycles. The van der Waals surface area contributed by atoms with E-state index in [0.717, 1.165) is 10.4 Å². The summed E-state index contributed by atoms with van der Waals surface area (Å²) in [7, 11) is 0. The molecule has 2 aliphatic rings. The molecule has 0 saturated heterocycles. The predicted octanol–water partition coefficient (Wildman–Crippen LogP) is 4.79. The Morgan fingerprint density at radius 1 is 0.833 bits per heavy atom. The number of benzene rings is 3. The molecule has 1 unspecified atom stereocenters. The van der Waals surface area contributed by atoms with Gasteiger partial charge in [0.15, 0.2) is 0 Å². The molecule has 0 N–H and O–H groups in total. The van der Waals surface area contributed by atoms with Crippen LogP contribution in [0, 0.1) is 0 Å². The Hall–Kier alpha value is -2.60. The Labute approximate surface area is 143 Å². The number of hydrogen-bond acceptors (Lipinski definition) is 0. The van der Waals surface area contributed by atoms with Crippen molar-refractivity contribution in [2.45, 2.75) is 25.2 Å². The largest absolute Gasteiger partial charge is 0.0918 e. The van der Waals surface area contributed by atoms with Gasteiger partial charge in [-0.2, -0.15) is 0 Å². The average molecular weight is 310 g/mol. The van der Waals surface area contributed by atoms with Gasteiger partial charge in [-0.15, -0.1) is 0 Å². The van der Waals surface area contributed by atoms with Crippen LogP contribution in [0.15, 0.2) is 60.7 Å². The average Bonchev–Trinajstić information content (AvgIpc) is 2.63. The van der Waals surface area contributed by atoms with Crippen LogP contribution in [0.5, 0.6) is 0 Å². The molecule has 0 fully saturated rings. The van der Waals surface area contributed by atoms with Crippen LogP contribution < -0.4 is 10.4 Å². The quantitative estimate of drug-likeness (QED) is 0.560. The monoisotopic (exact) mass is 310 g/mol. The summed E-state index contributed by atoms with van der Waals surface area (Å²) >= 11 is 0. The third-order valence-corrected chi connectivity index (χ3v) is 5.07. The van der Waals surface area contributed by atoms with Crippen LogP contribution in [0.1, 0.15) is 35.4 Å². The molecular formula is C24H22. The Kier molecular flexibility index (Phi) is 3.82. The van der Waals surface area contributed by atoms with E-state index >= 15 is 0 Å². The number of aryl methyl sites for hydroxylation is 1. The maximum Gasteiger partial charge on any atom is 0.00305 e. The van der Waals surface area contributed by atoms with Crippen molar-refractivity contribution < 1.29 is 0 Å². The summed E-state index contributed by atoms with van der Waals surface area (Å²) in [6, 6.07) is 19.1. The van der Waals surface area contributed by atoms with Crippen molar-refractivity contribution in [1.82, 2.24) is 0 Å². The Morgan fingerprint density at radius 3 is 2.33 bits per heavy atom. The maximum absolute atomic E-state index is 3.73. The Bertz CT molecular complexity index is 971. The molecule has 3 aromatic carbocycles. The van der Waals surface area contributed by atoms with Gasteiger partial charge in [-0.1, -0.05) is 79.9 Å². The van der Waals surface area contributed by atoms with Crippen LogP contribution in [-0.4, -0.2) is 0 Å². The molecule has 0 heterocycles. The highest BCUT2D eigenvalue weighted by Crippen LogP contribution is 2.42. The van der Waals surface area contributed by atoms with Crippen molar-refractivity contribution in [2.75, 3.05) is 0 Å². The van der Waals surface area contributed by atoms with Crippen molar-refractivity contribution in [1.29, 1.82) is 0 Å². The standard InChI is InChI=1S/C16H14.C8H8/c1-3-11-7-9-13-5-2-6-14-10-8-12(4-1)15(11)16(13)14;1-7-3-5-8(2)6-4-7/h1,3-4,7-10,13H,2,5-6H2;3-6H,1-2H2. The molecule has 1 atom stereocenters. The Morgan fingerprint density at radius 2 is 1.58 bits per heavy atom. The third-order valence-electron chi connectivity index (χ3n) is 5.07. The van der Waals surface area contributed by atoms with Crippen molar-refractivity contribution in [3.05, 3.63) is 87.8 Å². The number of rotatable bonds is 0. The van der Waals surface area contributed by atoms with Crippen LogP contribution in [-0.2, 0) is 6.42 Å². The third kappa shape index (κ3) is 2.69. The van der Waals surface area contributed by atoms with Gasteiger partial charge in [0.05, 0.1) is 0 Å². The molecule has 24 heavy (non-hydrogen) atoms. The van der Waals surface area contributed by atoms with Crippen molar-refractivity contribution in [3.8, 4) is 0 Å². The first-order chi connectivity index (χ1) is 11.7. The van der Waals surface area contributed by atoms with Crippen LogP contribution in [0.4, 0.5) is 0 Å². The van der Waals surface area contributed by atoms with E-state index in [2.05, 4.69) is 55.6 Å². The summed E-state index contributed by atoms with van der Waals surface area (Å²) in [5.74, 6) is 0.683. The minimum atomic E-state index is 0.683. The highest BCUT2D eigenvalue weighted by molar-refractivity contribution is 5.96. The zero-order valence-corrected chi connectivity index (χ0v) is 14.0. The summed E-state index contributed by atoms with van der Waals surface area (Å²) in [6.07, 6.45) is 8.66. The van der Waals surface area contributed by atoms with Gasteiger partial charge in [0.2, 0.25) is 0 Å². The summed E-state index contributed by atoms with van der Waals surface area (Å²) in [5, 5.41) is 5.01. The van der Waals surface area contributed by atoms with Gasteiger partial charge < -0.3 is 0 Å². The molecule has 0 aromatic heterocycles. The molecular weight excluding hydrogens is 288 g/mol. The van der Waals surface area contributed by atoms with Crippen LogP contribution >= 0.6 is 0 Å². The SMILES string of the molecule is C1=CC2CCCc3ccc4cccc1c4c32.C=c1ccc(=C)cc1. The van der Waals surface area contributed by atoms with Crippen molar-refractivity contribution in [2.24, 2.45) is 0 Å². The number of hydrogen-bond donors (Lipinski definition) is 0. The molecule has 0 saturated carbocycles. The molecule has 0 aliphatic heterocycles. The van der Waals surface area contributed by atoms with Gasteiger partial charge in [-0.3, -0.25) is 0 Å². The molecule has 0 amide bonds. The van der Waals surface area contributed by atoms with Crippen LogP contribution in [0.2, 0.25) is 0 Å². The van der Waals surface area contributed by atoms with Crippen LogP contribution in [0.25, 0.3) is 30.0 Å².